The van der Waals surface area contributed by atoms with Crippen molar-refractivity contribution in [3.05, 3.63) is 64.2 Å². The Kier molecular flexibility index (Phi) is 7.11. The molecule has 0 N–H and O–H groups in total. The number of esters is 1. The van der Waals surface area contributed by atoms with Gasteiger partial charge in [-0.2, -0.15) is 0 Å². The Bertz CT molecular complexity index is 953. The third-order valence-electron chi connectivity index (χ3n) is 4.83. The number of rotatable bonds is 5. The van der Waals surface area contributed by atoms with Crippen LogP contribution < -0.4 is 4.74 Å². The molecule has 0 bridgehead atoms. The van der Waals surface area contributed by atoms with Crippen LogP contribution in [-0.2, 0) is 20.7 Å². The smallest absolute Gasteiger partial charge is 0.411 e. The fourth-order valence-electron chi connectivity index (χ4n) is 3.62. The highest BCUT2D eigenvalue weighted by atomic mass is 35.5. The van der Waals surface area contributed by atoms with Gasteiger partial charge in [-0.1, -0.05) is 35.9 Å². The molecule has 0 spiro atoms. The zero-order valence-corrected chi connectivity index (χ0v) is 19.1. The van der Waals surface area contributed by atoms with Crippen molar-refractivity contribution in [2.75, 3.05) is 19.8 Å². The van der Waals surface area contributed by atoms with Gasteiger partial charge in [0.25, 0.3) is 0 Å². The molecule has 166 valence electrons. The average Bonchev–Trinajstić information content (AvgIpc) is 2.71. The van der Waals surface area contributed by atoms with Crippen LogP contribution in [0.4, 0.5) is 4.79 Å². The Hall–Kier alpha value is -2.73. The van der Waals surface area contributed by atoms with Crippen LogP contribution in [0.15, 0.2) is 42.5 Å². The van der Waals surface area contributed by atoms with Gasteiger partial charge in [-0.15, -0.1) is 0 Å². The number of carbonyl (C=O) groups is 2. The van der Waals surface area contributed by atoms with Gasteiger partial charge < -0.3 is 14.2 Å². The second-order valence-corrected chi connectivity index (χ2v) is 8.74. The molecule has 1 amide bonds. The van der Waals surface area contributed by atoms with Gasteiger partial charge in [0.1, 0.15) is 11.4 Å². The molecule has 0 unspecified atom stereocenters. The van der Waals surface area contributed by atoms with Crippen LogP contribution >= 0.6 is 11.6 Å². The van der Waals surface area contributed by atoms with Crippen molar-refractivity contribution in [1.82, 2.24) is 4.90 Å². The first kappa shape index (κ1) is 22.9. The van der Waals surface area contributed by atoms with E-state index in [1.54, 1.807) is 30.0 Å². The van der Waals surface area contributed by atoms with E-state index in [1.165, 1.54) is 0 Å². The summed E-state index contributed by atoms with van der Waals surface area (Å²) in [5.74, 6) is 0.00385. The molecular formula is C24H28ClNO5. The van der Waals surface area contributed by atoms with Crippen molar-refractivity contribution in [2.45, 2.75) is 45.8 Å². The van der Waals surface area contributed by atoms with Gasteiger partial charge in [-0.3, -0.25) is 4.90 Å². The third kappa shape index (κ3) is 5.70. The van der Waals surface area contributed by atoms with Crippen LogP contribution in [0.25, 0.3) is 0 Å². The van der Waals surface area contributed by atoms with Crippen molar-refractivity contribution >= 4 is 23.7 Å². The standard InChI is InChI=1S/C24H28ClNO5/c1-5-29-21(27)15-30-20-11-10-17(25)14-19(20)22-18-9-7-6-8-16(18)12-13-26(22)23(28)31-24(2,3)4/h6-11,14,22H,5,12-13,15H2,1-4H3/t22-/m0/s1. The predicted octanol–water partition coefficient (Wildman–Crippen LogP) is 5.16. The van der Waals surface area contributed by atoms with Gasteiger partial charge in [0.2, 0.25) is 0 Å². The highest BCUT2D eigenvalue weighted by Crippen LogP contribution is 2.41. The molecular weight excluding hydrogens is 418 g/mol. The van der Waals surface area contributed by atoms with Gasteiger partial charge in [0.05, 0.1) is 12.6 Å². The third-order valence-corrected chi connectivity index (χ3v) is 5.06. The minimum absolute atomic E-state index is 0.233. The fourth-order valence-corrected chi connectivity index (χ4v) is 3.80. The average molecular weight is 446 g/mol. The van der Waals surface area contributed by atoms with Crippen LogP contribution in [0.2, 0.25) is 5.02 Å². The summed E-state index contributed by atoms with van der Waals surface area (Å²) in [6, 6.07) is 12.7. The van der Waals surface area contributed by atoms with E-state index in [4.69, 9.17) is 25.8 Å². The number of nitrogens with zero attached hydrogens (tertiary/aromatic N) is 1. The van der Waals surface area contributed by atoms with Crippen LogP contribution in [-0.4, -0.2) is 42.3 Å². The molecule has 1 aliphatic heterocycles. The zero-order valence-electron chi connectivity index (χ0n) is 18.3. The Morgan fingerprint density at radius 2 is 1.87 bits per heavy atom. The first-order valence-corrected chi connectivity index (χ1v) is 10.7. The molecule has 1 atom stereocenters. The van der Waals surface area contributed by atoms with Crippen LogP contribution in [0.5, 0.6) is 5.75 Å². The van der Waals surface area contributed by atoms with E-state index in [-0.39, 0.29) is 13.2 Å². The number of benzene rings is 2. The number of fused-ring (bicyclic) bond motifs is 1. The lowest BCUT2D eigenvalue weighted by molar-refractivity contribution is -0.145. The summed E-state index contributed by atoms with van der Waals surface area (Å²) in [6.45, 7) is 7.78. The molecule has 0 saturated carbocycles. The summed E-state index contributed by atoms with van der Waals surface area (Å²) in [4.78, 5) is 26.6. The minimum Gasteiger partial charge on any atom is -0.482 e. The van der Waals surface area contributed by atoms with Crippen LogP contribution in [0, 0.1) is 0 Å². The Balaban J connectivity index is 2.04. The molecule has 1 heterocycles. The monoisotopic (exact) mass is 445 g/mol. The van der Waals surface area contributed by atoms with Gasteiger partial charge >= 0.3 is 12.1 Å². The SMILES string of the molecule is CCOC(=O)COc1ccc(Cl)cc1[C@@H]1c2ccccc2CCN1C(=O)OC(C)(C)C. The molecule has 0 fully saturated rings. The van der Waals surface area contributed by atoms with Crippen molar-refractivity contribution in [1.29, 1.82) is 0 Å². The van der Waals surface area contributed by atoms with Gasteiger partial charge in [-0.25, -0.2) is 9.59 Å². The highest BCUT2D eigenvalue weighted by molar-refractivity contribution is 6.30. The first-order chi connectivity index (χ1) is 14.7. The molecule has 2 aromatic rings. The fraction of sp³-hybridized carbons (Fsp3) is 0.417. The lowest BCUT2D eigenvalue weighted by atomic mass is 9.88. The molecule has 6 nitrogen and oxygen atoms in total. The molecule has 0 radical (unpaired) electrons. The summed E-state index contributed by atoms with van der Waals surface area (Å²) in [5.41, 5.74) is 2.18. The molecule has 0 saturated heterocycles. The van der Waals surface area contributed by atoms with Gasteiger partial charge in [-0.05, 0) is 63.4 Å². The minimum atomic E-state index is -0.629. The van der Waals surface area contributed by atoms with Gasteiger partial charge in [0, 0.05) is 17.1 Å². The zero-order chi connectivity index (χ0) is 22.6. The quantitative estimate of drug-likeness (QED) is 0.594. The van der Waals surface area contributed by atoms with E-state index in [1.807, 2.05) is 39.0 Å². The van der Waals surface area contributed by atoms with E-state index in [0.717, 1.165) is 11.1 Å². The molecule has 7 heteroatoms. The topological polar surface area (TPSA) is 65.1 Å². The van der Waals surface area contributed by atoms with Crippen molar-refractivity contribution in [2.24, 2.45) is 0 Å². The lowest BCUT2D eigenvalue weighted by Crippen LogP contribution is -2.43. The predicted molar refractivity (Wildman–Crippen MR) is 119 cm³/mol. The Morgan fingerprint density at radius 3 is 2.58 bits per heavy atom. The van der Waals surface area contributed by atoms with E-state index >= 15 is 0 Å². The number of amides is 1. The summed E-state index contributed by atoms with van der Waals surface area (Å²) in [5, 5.41) is 0.505. The molecule has 0 aromatic heterocycles. The first-order valence-electron chi connectivity index (χ1n) is 10.3. The second-order valence-electron chi connectivity index (χ2n) is 8.30. The maximum Gasteiger partial charge on any atom is 0.411 e. The molecule has 0 aliphatic carbocycles. The molecule has 2 aromatic carbocycles. The molecule has 3 rings (SSSR count). The Morgan fingerprint density at radius 1 is 1.13 bits per heavy atom. The van der Waals surface area contributed by atoms with Crippen LogP contribution in [0.1, 0.15) is 50.4 Å². The van der Waals surface area contributed by atoms with E-state index in [2.05, 4.69) is 6.07 Å². The summed E-state index contributed by atoms with van der Waals surface area (Å²) in [7, 11) is 0. The number of hydrogen-bond acceptors (Lipinski definition) is 5. The normalized spacial score (nSPS) is 15.8. The number of ether oxygens (including phenoxy) is 3. The van der Waals surface area contributed by atoms with Crippen molar-refractivity contribution < 1.29 is 23.8 Å². The van der Waals surface area contributed by atoms with Crippen LogP contribution in [0.3, 0.4) is 0 Å². The Labute approximate surface area is 188 Å². The summed E-state index contributed by atoms with van der Waals surface area (Å²) >= 11 is 6.33. The van der Waals surface area contributed by atoms with E-state index in [0.29, 0.717) is 29.3 Å². The lowest BCUT2D eigenvalue weighted by Gasteiger charge is -2.39. The van der Waals surface area contributed by atoms with Crippen molar-refractivity contribution in [3.8, 4) is 5.75 Å². The number of carbonyl (C=O) groups excluding carboxylic acids is 2. The highest BCUT2D eigenvalue weighted by Gasteiger charge is 2.36. The summed E-state index contributed by atoms with van der Waals surface area (Å²) < 4.78 is 16.4. The van der Waals surface area contributed by atoms with Gasteiger partial charge in [0.15, 0.2) is 6.61 Å². The summed E-state index contributed by atoms with van der Waals surface area (Å²) in [6.07, 6.45) is 0.300. The number of hydrogen-bond donors (Lipinski definition) is 0. The van der Waals surface area contributed by atoms with E-state index in [9.17, 15) is 9.59 Å². The maximum absolute atomic E-state index is 13.1. The molecule has 31 heavy (non-hydrogen) atoms. The number of halogens is 1. The van der Waals surface area contributed by atoms with Crippen molar-refractivity contribution in [3.63, 3.8) is 0 Å². The maximum atomic E-state index is 13.1. The van der Waals surface area contributed by atoms with E-state index < -0.39 is 23.7 Å². The largest absolute Gasteiger partial charge is 0.482 e. The molecule has 1 aliphatic rings. The second kappa shape index (κ2) is 9.60.